The average Bonchev–Trinajstić information content (AvgIpc) is 2.28. The quantitative estimate of drug-likeness (QED) is 0.745. The zero-order valence-corrected chi connectivity index (χ0v) is 10.4. The molecule has 0 spiro atoms. The zero-order valence-electron chi connectivity index (χ0n) is 9.67. The molecule has 0 unspecified atom stereocenters. The van der Waals surface area contributed by atoms with Gasteiger partial charge in [0.1, 0.15) is 6.29 Å². The maximum Gasteiger partial charge on any atom is 0.179 e. The molecule has 0 aliphatic heterocycles. The number of benzene rings is 1. The van der Waals surface area contributed by atoms with Crippen LogP contribution in [0.5, 0.6) is 11.5 Å². The molecule has 3 nitrogen and oxygen atoms in total. The largest absolute Gasteiger partial charge is 0.493 e. The normalized spacial score (nSPS) is 10.0. The number of carbonyl (C=O) groups is 1. The van der Waals surface area contributed by atoms with Crippen LogP contribution in [0.4, 0.5) is 0 Å². The second kappa shape index (κ2) is 5.75. The van der Waals surface area contributed by atoms with E-state index in [1.165, 1.54) is 0 Å². The van der Waals surface area contributed by atoms with E-state index < -0.39 is 0 Å². The maximum absolute atomic E-state index is 10.4. The van der Waals surface area contributed by atoms with Gasteiger partial charge in [0.15, 0.2) is 11.5 Å². The molecule has 4 heteroatoms. The van der Waals surface area contributed by atoms with Gasteiger partial charge in [0.2, 0.25) is 0 Å². The Labute approximate surface area is 100 Å². The van der Waals surface area contributed by atoms with Gasteiger partial charge in [-0.1, -0.05) is 11.6 Å². The highest BCUT2D eigenvalue weighted by molar-refractivity contribution is 6.33. The van der Waals surface area contributed by atoms with Crippen LogP contribution in [-0.2, 0) is 11.2 Å². The Morgan fingerprint density at radius 3 is 2.56 bits per heavy atom. The molecule has 0 radical (unpaired) electrons. The first kappa shape index (κ1) is 12.8. The fraction of sp³-hybridized carbons (Fsp3) is 0.417. The first-order chi connectivity index (χ1) is 7.65. The molecule has 1 aromatic carbocycles. The summed E-state index contributed by atoms with van der Waals surface area (Å²) in [5.41, 5.74) is 1.94. The van der Waals surface area contributed by atoms with Crippen LogP contribution in [0, 0.1) is 6.92 Å². The summed E-state index contributed by atoms with van der Waals surface area (Å²) in [5.74, 6) is 1.13. The smallest absolute Gasteiger partial charge is 0.179 e. The van der Waals surface area contributed by atoms with Crippen LogP contribution in [-0.4, -0.2) is 20.5 Å². The molecule has 0 N–H and O–H groups in total. The summed E-state index contributed by atoms with van der Waals surface area (Å²) < 4.78 is 10.4. The summed E-state index contributed by atoms with van der Waals surface area (Å²) >= 11 is 6.21. The molecule has 0 bridgehead atoms. The van der Waals surface area contributed by atoms with Crippen molar-refractivity contribution >= 4 is 17.9 Å². The van der Waals surface area contributed by atoms with E-state index in [0.717, 1.165) is 17.4 Å². The molecule has 0 saturated carbocycles. The highest BCUT2D eigenvalue weighted by atomic mass is 35.5. The van der Waals surface area contributed by atoms with E-state index in [1.807, 2.05) is 13.0 Å². The lowest BCUT2D eigenvalue weighted by atomic mass is 10.0. The van der Waals surface area contributed by atoms with Gasteiger partial charge in [0.05, 0.1) is 19.2 Å². The second-order valence-electron chi connectivity index (χ2n) is 3.43. The first-order valence-corrected chi connectivity index (χ1v) is 5.37. The van der Waals surface area contributed by atoms with E-state index in [2.05, 4.69) is 0 Å². The maximum atomic E-state index is 10.4. The average molecular weight is 243 g/mol. The Morgan fingerprint density at radius 1 is 1.38 bits per heavy atom. The topological polar surface area (TPSA) is 35.5 Å². The summed E-state index contributed by atoms with van der Waals surface area (Å²) in [4.78, 5) is 10.4. The summed E-state index contributed by atoms with van der Waals surface area (Å²) in [7, 11) is 3.11. The minimum absolute atomic E-state index is 0.454. The van der Waals surface area contributed by atoms with Crippen molar-refractivity contribution in [1.29, 1.82) is 0 Å². The zero-order chi connectivity index (χ0) is 12.1. The van der Waals surface area contributed by atoms with Crippen molar-refractivity contribution in [3.8, 4) is 11.5 Å². The van der Waals surface area contributed by atoms with Crippen LogP contribution in [0.15, 0.2) is 6.07 Å². The number of hydrogen-bond donors (Lipinski definition) is 0. The monoisotopic (exact) mass is 242 g/mol. The third kappa shape index (κ3) is 2.47. The third-order valence-electron chi connectivity index (χ3n) is 2.45. The van der Waals surface area contributed by atoms with Crippen molar-refractivity contribution < 1.29 is 14.3 Å². The van der Waals surface area contributed by atoms with Gasteiger partial charge in [0, 0.05) is 6.42 Å². The summed E-state index contributed by atoms with van der Waals surface area (Å²) in [6.45, 7) is 1.94. The van der Waals surface area contributed by atoms with Crippen molar-refractivity contribution in [2.75, 3.05) is 14.2 Å². The minimum atomic E-state index is 0.454. The predicted molar refractivity (Wildman–Crippen MR) is 63.7 cm³/mol. The van der Waals surface area contributed by atoms with E-state index in [-0.39, 0.29) is 0 Å². The molecule has 0 atom stereocenters. The third-order valence-corrected chi connectivity index (χ3v) is 2.85. The van der Waals surface area contributed by atoms with E-state index in [0.29, 0.717) is 29.4 Å². The molecule has 1 rings (SSSR count). The fourth-order valence-corrected chi connectivity index (χ4v) is 2.03. The van der Waals surface area contributed by atoms with Crippen molar-refractivity contribution in [2.24, 2.45) is 0 Å². The lowest BCUT2D eigenvalue weighted by molar-refractivity contribution is -0.107. The van der Waals surface area contributed by atoms with Crippen molar-refractivity contribution in [2.45, 2.75) is 19.8 Å². The lowest BCUT2D eigenvalue weighted by Crippen LogP contribution is -1.98. The molecule has 0 heterocycles. The van der Waals surface area contributed by atoms with E-state index in [4.69, 9.17) is 21.1 Å². The highest BCUT2D eigenvalue weighted by Crippen LogP contribution is 2.39. The molecule has 0 fully saturated rings. The summed E-state index contributed by atoms with van der Waals surface area (Å²) in [6.07, 6.45) is 1.96. The van der Waals surface area contributed by atoms with E-state index in [9.17, 15) is 4.79 Å². The highest BCUT2D eigenvalue weighted by Gasteiger charge is 2.15. The van der Waals surface area contributed by atoms with Crippen LogP contribution < -0.4 is 9.47 Å². The van der Waals surface area contributed by atoms with Crippen LogP contribution in [0.2, 0.25) is 5.02 Å². The van der Waals surface area contributed by atoms with Gasteiger partial charge in [-0.15, -0.1) is 0 Å². The number of carbonyl (C=O) groups excluding carboxylic acids is 1. The molecule has 0 aliphatic carbocycles. The van der Waals surface area contributed by atoms with Gasteiger partial charge in [0.25, 0.3) is 0 Å². The molecule has 0 saturated heterocycles. The fourth-order valence-electron chi connectivity index (χ4n) is 1.62. The standard InChI is InChI=1S/C12H15ClO3/c1-8-7-10(15-2)12(16-3)11(13)9(8)5-4-6-14/h6-7H,4-5H2,1-3H3. The Hall–Kier alpha value is -1.22. The molecule has 0 aromatic heterocycles. The van der Waals surface area contributed by atoms with Gasteiger partial charge >= 0.3 is 0 Å². The van der Waals surface area contributed by atoms with Gasteiger partial charge in [-0.25, -0.2) is 0 Å². The summed E-state index contributed by atoms with van der Waals surface area (Å²) in [6, 6.07) is 1.87. The molecule has 88 valence electrons. The lowest BCUT2D eigenvalue weighted by Gasteiger charge is -2.15. The molecule has 16 heavy (non-hydrogen) atoms. The van der Waals surface area contributed by atoms with Crippen molar-refractivity contribution in [1.82, 2.24) is 0 Å². The first-order valence-electron chi connectivity index (χ1n) is 4.99. The molecule has 1 aromatic rings. The second-order valence-corrected chi connectivity index (χ2v) is 3.80. The molecular formula is C12H15ClO3. The predicted octanol–water partition coefficient (Wildman–Crippen LogP) is 2.80. The van der Waals surface area contributed by atoms with Gasteiger partial charge in [-0.05, 0) is 30.5 Å². The Bertz CT molecular complexity index is 388. The minimum Gasteiger partial charge on any atom is -0.493 e. The SMILES string of the molecule is COc1cc(C)c(CCC=O)c(Cl)c1OC. The molecular weight excluding hydrogens is 228 g/mol. The van der Waals surface area contributed by atoms with E-state index in [1.54, 1.807) is 14.2 Å². The Kier molecular flexibility index (Phi) is 4.62. The Morgan fingerprint density at radius 2 is 2.06 bits per heavy atom. The number of ether oxygens (including phenoxy) is 2. The van der Waals surface area contributed by atoms with Crippen LogP contribution in [0.25, 0.3) is 0 Å². The summed E-state index contributed by atoms with van der Waals surface area (Å²) in [5, 5.41) is 0.529. The molecule has 0 amide bonds. The van der Waals surface area contributed by atoms with Gasteiger partial charge in [-0.3, -0.25) is 0 Å². The number of hydrogen-bond acceptors (Lipinski definition) is 3. The Balaban J connectivity index is 3.23. The number of aldehydes is 1. The number of methoxy groups -OCH3 is 2. The van der Waals surface area contributed by atoms with Gasteiger partial charge in [-0.2, -0.15) is 0 Å². The van der Waals surface area contributed by atoms with Crippen molar-refractivity contribution in [3.63, 3.8) is 0 Å². The van der Waals surface area contributed by atoms with Gasteiger partial charge < -0.3 is 14.3 Å². The van der Waals surface area contributed by atoms with E-state index >= 15 is 0 Å². The molecule has 0 aliphatic rings. The van der Waals surface area contributed by atoms with Crippen LogP contribution >= 0.6 is 11.6 Å². The van der Waals surface area contributed by atoms with Crippen molar-refractivity contribution in [3.05, 3.63) is 22.2 Å². The number of aryl methyl sites for hydroxylation is 1. The van der Waals surface area contributed by atoms with Crippen LogP contribution in [0.1, 0.15) is 17.5 Å². The number of rotatable bonds is 5. The van der Waals surface area contributed by atoms with Crippen LogP contribution in [0.3, 0.4) is 0 Å². The number of halogens is 1.